The SMILES string of the molecule is C/C=C\NC.C=C(c1cc(Cl)ccc1C(C/C=C\C)N1CCN(C(=O)OC(CC)CCC)CC1)C(/C=C/NC=NC)NC1(OC(C)(C)C2CC2)CO1.CC.CC.CC. The molecule has 4 atom stereocenters. The summed E-state index contributed by atoms with van der Waals surface area (Å²) < 4.78 is 18.4. The Morgan fingerprint density at radius 1 is 1.07 bits per heavy atom. The van der Waals surface area contributed by atoms with E-state index < -0.39 is 5.91 Å². The fourth-order valence-corrected chi connectivity index (χ4v) is 6.72. The summed E-state index contributed by atoms with van der Waals surface area (Å²) in [5, 5.41) is 10.2. The standard InChI is InChI=1S/C37H56ClN5O4.C4H9N.3C2H6/c1-8-11-13-34(42-20-22-43(23-21-42)35(44)46-30(10-3)12-9-2)31-17-16-29(38)24-32(31)27(4)33(18-19-40-26-39-7)41-37(25-45-37)47-36(5,6)28-14-15-28;1-3-4-5-2;3*1-2/h8,11,16-19,24,26,28,30,33-34,41H,4,9-10,12-15,20-23,25H2,1-3,5-7H3,(H,39,40);3-5H,1-2H3;3*1-2H3/b11-8-,19-18+;4-3-;;;. The molecule has 3 aliphatic rings. The van der Waals surface area contributed by atoms with Gasteiger partial charge >= 0.3 is 6.09 Å². The van der Waals surface area contributed by atoms with Gasteiger partial charge in [0.1, 0.15) is 12.7 Å². The second-order valence-corrected chi connectivity index (χ2v) is 14.6. The van der Waals surface area contributed by atoms with Crippen molar-refractivity contribution < 1.29 is 19.0 Å². The highest BCUT2D eigenvalue weighted by Gasteiger charge is 2.54. The van der Waals surface area contributed by atoms with Gasteiger partial charge in [-0.15, -0.1) is 0 Å². The van der Waals surface area contributed by atoms with Crippen molar-refractivity contribution in [2.45, 2.75) is 151 Å². The lowest BCUT2D eigenvalue weighted by Gasteiger charge is -2.40. The number of allylic oxidation sites excluding steroid dienone is 2. The summed E-state index contributed by atoms with van der Waals surface area (Å²) in [6, 6.07) is 5.81. The Hall–Kier alpha value is -3.15. The van der Waals surface area contributed by atoms with Gasteiger partial charge in [-0.05, 0) is 113 Å². The van der Waals surface area contributed by atoms with Gasteiger partial charge in [-0.2, -0.15) is 0 Å². The van der Waals surface area contributed by atoms with Crippen LogP contribution in [0.3, 0.4) is 0 Å². The summed E-state index contributed by atoms with van der Waals surface area (Å²) in [5.41, 5.74) is 2.66. The van der Waals surface area contributed by atoms with Crippen molar-refractivity contribution in [2.75, 3.05) is 46.9 Å². The minimum Gasteiger partial charge on any atom is -0.446 e. The highest BCUT2D eigenvalue weighted by atomic mass is 35.5. The van der Waals surface area contributed by atoms with E-state index in [9.17, 15) is 4.79 Å². The zero-order chi connectivity index (χ0) is 44.1. The zero-order valence-electron chi connectivity index (χ0n) is 38.9. The maximum atomic E-state index is 13.0. The predicted octanol–water partition coefficient (Wildman–Crippen LogP) is 11.1. The molecule has 1 saturated carbocycles. The first kappa shape index (κ1) is 54.9. The number of amides is 1. The number of ether oxygens (including phenoxy) is 3. The van der Waals surface area contributed by atoms with Gasteiger partial charge in [-0.1, -0.05) is 104 Å². The molecule has 332 valence electrons. The fraction of sp³-hybridized carbons (Fsp3) is 0.660. The normalized spacial score (nSPS) is 19.4. The van der Waals surface area contributed by atoms with Crippen LogP contribution in [0.1, 0.15) is 139 Å². The topological polar surface area (TPSA) is 103 Å². The van der Waals surface area contributed by atoms with Gasteiger partial charge in [-0.25, -0.2) is 4.79 Å². The molecule has 3 N–H and O–H groups in total. The molecule has 58 heavy (non-hydrogen) atoms. The van der Waals surface area contributed by atoms with Crippen molar-refractivity contribution in [3.63, 3.8) is 0 Å². The first-order valence-corrected chi connectivity index (χ1v) is 22.4. The number of hydrogen-bond donors (Lipinski definition) is 3. The fourth-order valence-electron chi connectivity index (χ4n) is 6.55. The highest BCUT2D eigenvalue weighted by Crippen LogP contribution is 2.46. The van der Waals surface area contributed by atoms with Crippen LogP contribution in [-0.2, 0) is 14.2 Å². The number of epoxide rings is 1. The minimum absolute atomic E-state index is 0.0268. The number of benzene rings is 1. The average Bonchev–Trinajstić information content (AvgIpc) is 4.19. The molecule has 10 nitrogen and oxygen atoms in total. The Morgan fingerprint density at radius 3 is 2.19 bits per heavy atom. The van der Waals surface area contributed by atoms with Crippen LogP contribution in [0.5, 0.6) is 0 Å². The van der Waals surface area contributed by atoms with Crippen LogP contribution in [-0.4, -0.2) is 92.8 Å². The molecule has 2 saturated heterocycles. The van der Waals surface area contributed by atoms with Gasteiger partial charge in [0, 0.05) is 51.3 Å². The Morgan fingerprint density at radius 2 is 1.71 bits per heavy atom. The van der Waals surface area contributed by atoms with Crippen LogP contribution in [0.25, 0.3) is 5.57 Å². The minimum atomic E-state index is -0.884. The Labute approximate surface area is 360 Å². The summed E-state index contributed by atoms with van der Waals surface area (Å²) in [7, 11) is 3.59. The largest absolute Gasteiger partial charge is 0.446 e. The van der Waals surface area contributed by atoms with E-state index in [2.05, 4.69) is 78.3 Å². The van der Waals surface area contributed by atoms with Crippen molar-refractivity contribution in [1.29, 1.82) is 0 Å². The number of carbonyl (C=O) groups is 1. The molecule has 0 radical (unpaired) electrons. The molecular weight excluding hydrogens is 748 g/mol. The lowest BCUT2D eigenvalue weighted by atomic mass is 9.89. The quantitative estimate of drug-likeness (QED) is 0.0416. The highest BCUT2D eigenvalue weighted by molar-refractivity contribution is 6.30. The van der Waals surface area contributed by atoms with Crippen LogP contribution in [0, 0.1) is 5.92 Å². The number of hydrogen-bond acceptors (Lipinski definition) is 8. The van der Waals surface area contributed by atoms with Gasteiger partial charge in [0.05, 0.1) is 18.0 Å². The van der Waals surface area contributed by atoms with Crippen LogP contribution >= 0.6 is 11.6 Å². The maximum Gasteiger partial charge on any atom is 0.410 e. The Kier molecular flexibility index (Phi) is 29.2. The van der Waals surface area contributed by atoms with Gasteiger partial charge in [0.15, 0.2) is 0 Å². The van der Waals surface area contributed by atoms with Crippen molar-refractivity contribution in [3.8, 4) is 0 Å². The van der Waals surface area contributed by atoms with Crippen LogP contribution in [0.2, 0.25) is 5.02 Å². The molecule has 11 heteroatoms. The molecule has 4 rings (SSSR count). The summed E-state index contributed by atoms with van der Waals surface area (Å²) >= 11 is 6.67. The lowest BCUT2D eigenvalue weighted by molar-refractivity contribution is -0.162. The predicted molar refractivity (Wildman–Crippen MR) is 249 cm³/mol. The summed E-state index contributed by atoms with van der Waals surface area (Å²) in [4.78, 5) is 21.3. The smallest absolute Gasteiger partial charge is 0.410 e. The second-order valence-electron chi connectivity index (χ2n) is 14.1. The van der Waals surface area contributed by atoms with Gasteiger partial charge in [0.25, 0.3) is 5.91 Å². The van der Waals surface area contributed by atoms with Crippen molar-refractivity contribution in [3.05, 3.63) is 77.6 Å². The first-order chi connectivity index (χ1) is 28.0. The number of rotatable bonds is 19. The van der Waals surface area contributed by atoms with Gasteiger partial charge in [-0.3, -0.25) is 15.2 Å². The number of piperazine rings is 1. The molecule has 1 amide bonds. The number of aliphatic imine (C=N–C) groups is 1. The molecule has 3 fully saturated rings. The summed E-state index contributed by atoms with van der Waals surface area (Å²) in [6.07, 6.45) is 19.2. The lowest BCUT2D eigenvalue weighted by Crippen LogP contribution is -2.50. The molecule has 0 bridgehead atoms. The zero-order valence-corrected chi connectivity index (χ0v) is 39.7. The van der Waals surface area contributed by atoms with Crippen molar-refractivity contribution in [1.82, 2.24) is 25.8 Å². The number of halogens is 1. The molecule has 1 aliphatic carbocycles. The second kappa shape index (κ2) is 30.8. The van der Waals surface area contributed by atoms with E-state index in [-0.39, 0.29) is 29.9 Å². The van der Waals surface area contributed by atoms with E-state index in [4.69, 9.17) is 25.8 Å². The molecule has 4 unspecified atom stereocenters. The molecule has 1 aromatic rings. The average molecular weight is 832 g/mol. The van der Waals surface area contributed by atoms with E-state index in [1.165, 1.54) is 12.8 Å². The third-order valence-corrected chi connectivity index (χ3v) is 9.96. The molecule has 2 aliphatic heterocycles. The van der Waals surface area contributed by atoms with Crippen LogP contribution in [0.4, 0.5) is 4.79 Å². The monoisotopic (exact) mass is 831 g/mol. The van der Waals surface area contributed by atoms with E-state index in [0.29, 0.717) is 30.6 Å². The third kappa shape index (κ3) is 19.3. The molecular formula is C47H83ClN6O4. The van der Waals surface area contributed by atoms with Crippen molar-refractivity contribution in [2.24, 2.45) is 10.9 Å². The Balaban J connectivity index is 0.00000266. The summed E-state index contributed by atoms with van der Waals surface area (Å²) in [5.74, 6) is -0.353. The van der Waals surface area contributed by atoms with E-state index in [1.54, 1.807) is 13.4 Å². The number of carbonyl (C=O) groups excluding carboxylic acids is 1. The summed E-state index contributed by atoms with van der Waals surface area (Å²) in [6.45, 7) is 32.3. The van der Waals surface area contributed by atoms with Crippen molar-refractivity contribution >= 4 is 29.6 Å². The van der Waals surface area contributed by atoms with E-state index in [1.807, 2.05) is 104 Å². The Bertz CT molecular complexity index is 1380. The van der Waals surface area contributed by atoms with Crippen LogP contribution < -0.4 is 16.0 Å². The van der Waals surface area contributed by atoms with Gasteiger partial charge < -0.3 is 29.7 Å². The van der Waals surface area contributed by atoms with E-state index >= 15 is 0 Å². The first-order valence-electron chi connectivity index (χ1n) is 22.0. The number of nitrogens with zero attached hydrogens (tertiary/aromatic N) is 3. The molecule has 0 spiro atoms. The molecule has 1 aromatic carbocycles. The number of nitrogens with one attached hydrogen (secondary N) is 3. The molecule has 2 heterocycles. The maximum absolute atomic E-state index is 13.0. The molecule has 0 aromatic heterocycles. The van der Waals surface area contributed by atoms with Gasteiger partial charge in [0.2, 0.25) is 0 Å². The van der Waals surface area contributed by atoms with E-state index in [0.717, 1.165) is 55.5 Å². The third-order valence-electron chi connectivity index (χ3n) is 9.73. The van der Waals surface area contributed by atoms with Crippen LogP contribution in [0.15, 0.2) is 66.5 Å².